The quantitative estimate of drug-likeness (QED) is 0.317. The number of hydrogen-bond donors (Lipinski definition) is 2. The van der Waals surface area contributed by atoms with Crippen molar-refractivity contribution in [3.8, 4) is 22.8 Å². The van der Waals surface area contributed by atoms with Crippen molar-refractivity contribution in [1.29, 1.82) is 0 Å². The molecule has 3 atom stereocenters. The summed E-state index contributed by atoms with van der Waals surface area (Å²) >= 11 is 0. The Morgan fingerprint density at radius 3 is 2.59 bits per heavy atom. The maximum atomic E-state index is 14.9. The molecule has 9 heteroatoms. The van der Waals surface area contributed by atoms with Crippen LogP contribution in [0.5, 0.6) is 11.6 Å². The second-order valence-corrected chi connectivity index (χ2v) is 11.0. The number of hydrogen-bond acceptors (Lipinski definition) is 5. The van der Waals surface area contributed by atoms with Crippen LogP contribution in [0.3, 0.4) is 0 Å². The lowest BCUT2D eigenvalue weighted by molar-refractivity contribution is -0.139. The van der Waals surface area contributed by atoms with Crippen LogP contribution in [0.1, 0.15) is 60.4 Å². The van der Waals surface area contributed by atoms with Gasteiger partial charge >= 0.3 is 5.97 Å². The predicted octanol–water partition coefficient (Wildman–Crippen LogP) is 6.22. The standard InChI is InChI=1S/C30H30F3NO5/c1-15-8-18(38-7-6-30(2,3)37)4-5-19(15)20-10-17(24(31)12-21(20)28(32)33)14-39-25-11-16-9-22-26(23(16)13-34-25)27(22)29(35)36/h4-5,8,10-13,22,26-28,37H,6-7,9,14H2,1-3H3,(H,35,36). The maximum absolute atomic E-state index is 14.9. The number of alkyl halides is 2. The van der Waals surface area contributed by atoms with E-state index in [0.29, 0.717) is 36.3 Å². The van der Waals surface area contributed by atoms with E-state index in [1.54, 1.807) is 51.2 Å². The van der Waals surface area contributed by atoms with Crippen molar-refractivity contribution in [2.45, 2.75) is 58.2 Å². The zero-order chi connectivity index (χ0) is 28.1. The van der Waals surface area contributed by atoms with Gasteiger partial charge in [0, 0.05) is 35.7 Å². The highest BCUT2D eigenvalue weighted by molar-refractivity contribution is 5.77. The fourth-order valence-corrected chi connectivity index (χ4v) is 5.44. The average Bonchev–Trinajstić information content (AvgIpc) is 3.45. The molecule has 39 heavy (non-hydrogen) atoms. The van der Waals surface area contributed by atoms with Crippen LogP contribution in [0.25, 0.3) is 11.1 Å². The lowest BCUT2D eigenvalue weighted by Crippen LogP contribution is -2.21. The van der Waals surface area contributed by atoms with Crippen molar-refractivity contribution in [3.63, 3.8) is 0 Å². The van der Waals surface area contributed by atoms with Crippen LogP contribution in [0, 0.1) is 24.6 Å². The van der Waals surface area contributed by atoms with Crippen LogP contribution >= 0.6 is 0 Å². The van der Waals surface area contributed by atoms with E-state index in [4.69, 9.17) is 9.47 Å². The number of carboxylic acid groups (broad SMARTS) is 1. The molecule has 1 heterocycles. The first-order valence-electron chi connectivity index (χ1n) is 12.8. The van der Waals surface area contributed by atoms with E-state index in [0.717, 1.165) is 17.2 Å². The van der Waals surface area contributed by atoms with Crippen LogP contribution < -0.4 is 9.47 Å². The van der Waals surface area contributed by atoms with Crippen molar-refractivity contribution in [2.24, 2.45) is 11.8 Å². The molecule has 0 amide bonds. The lowest BCUT2D eigenvalue weighted by atomic mass is 9.94. The molecule has 0 spiro atoms. The molecule has 2 aromatic carbocycles. The van der Waals surface area contributed by atoms with E-state index in [9.17, 15) is 28.2 Å². The second-order valence-electron chi connectivity index (χ2n) is 11.0. The number of aliphatic hydroxyl groups is 1. The van der Waals surface area contributed by atoms with E-state index in [2.05, 4.69) is 4.98 Å². The SMILES string of the molecule is Cc1cc(OCCC(C)(C)O)ccc1-c1cc(COc2cc3c(cn2)C2C(C3)C2C(=O)O)c(F)cc1C(F)F. The van der Waals surface area contributed by atoms with Gasteiger partial charge in [-0.25, -0.2) is 18.2 Å². The fourth-order valence-electron chi connectivity index (χ4n) is 5.44. The predicted molar refractivity (Wildman–Crippen MR) is 138 cm³/mol. The van der Waals surface area contributed by atoms with E-state index in [-0.39, 0.29) is 41.4 Å². The van der Waals surface area contributed by atoms with Gasteiger partial charge in [0.2, 0.25) is 5.88 Å². The largest absolute Gasteiger partial charge is 0.493 e. The van der Waals surface area contributed by atoms with Gasteiger partial charge in [0.05, 0.1) is 18.1 Å². The Morgan fingerprint density at radius 2 is 1.92 bits per heavy atom. The molecular formula is C30H30F3NO5. The van der Waals surface area contributed by atoms with E-state index < -0.39 is 29.4 Å². The number of rotatable bonds is 10. The number of fused-ring (bicyclic) bond motifs is 3. The van der Waals surface area contributed by atoms with Crippen molar-refractivity contribution in [3.05, 3.63) is 76.2 Å². The highest BCUT2D eigenvalue weighted by Gasteiger charge is 2.59. The molecule has 0 saturated heterocycles. The molecule has 2 aliphatic carbocycles. The Hall–Kier alpha value is -3.59. The van der Waals surface area contributed by atoms with Crippen LogP contribution in [0.15, 0.2) is 42.6 Å². The molecule has 0 aliphatic heterocycles. The topological polar surface area (TPSA) is 88.9 Å². The van der Waals surface area contributed by atoms with Crippen LogP contribution in [-0.4, -0.2) is 33.4 Å². The zero-order valence-electron chi connectivity index (χ0n) is 21.9. The molecule has 1 saturated carbocycles. The molecule has 2 N–H and O–H groups in total. The second kappa shape index (κ2) is 10.2. The molecule has 1 aromatic heterocycles. The Morgan fingerprint density at radius 1 is 1.15 bits per heavy atom. The molecule has 206 valence electrons. The van der Waals surface area contributed by atoms with Crippen molar-refractivity contribution in [1.82, 2.24) is 4.98 Å². The number of aliphatic carboxylic acids is 1. The monoisotopic (exact) mass is 541 g/mol. The highest BCUT2D eigenvalue weighted by atomic mass is 19.3. The molecular weight excluding hydrogens is 511 g/mol. The first-order valence-corrected chi connectivity index (χ1v) is 12.8. The number of carboxylic acids is 1. The van der Waals surface area contributed by atoms with E-state index >= 15 is 0 Å². The summed E-state index contributed by atoms with van der Waals surface area (Å²) in [4.78, 5) is 15.6. The first kappa shape index (κ1) is 27.0. The number of aromatic nitrogens is 1. The molecule has 5 rings (SSSR count). The van der Waals surface area contributed by atoms with Gasteiger partial charge in [-0.1, -0.05) is 6.07 Å². The van der Waals surface area contributed by atoms with Gasteiger partial charge in [-0.2, -0.15) is 0 Å². The number of aryl methyl sites for hydroxylation is 1. The van der Waals surface area contributed by atoms with Crippen LogP contribution in [0.4, 0.5) is 13.2 Å². The van der Waals surface area contributed by atoms with E-state index in [1.807, 2.05) is 0 Å². The molecule has 0 bridgehead atoms. The summed E-state index contributed by atoms with van der Waals surface area (Å²) < 4.78 is 54.1. The zero-order valence-corrected chi connectivity index (χ0v) is 21.9. The Balaban J connectivity index is 1.34. The lowest BCUT2D eigenvalue weighted by Gasteiger charge is -2.18. The minimum absolute atomic E-state index is 0.0116. The Kier molecular flexibility index (Phi) is 7.05. The number of benzene rings is 2. The third kappa shape index (κ3) is 5.59. The summed E-state index contributed by atoms with van der Waals surface area (Å²) in [5.74, 6) is -1.07. The Bertz CT molecular complexity index is 1420. The van der Waals surface area contributed by atoms with Gasteiger partial charge in [-0.15, -0.1) is 0 Å². The number of carbonyl (C=O) groups is 1. The normalized spacial score (nSPS) is 19.5. The third-order valence-electron chi connectivity index (χ3n) is 7.57. The number of halogens is 3. The van der Waals surface area contributed by atoms with Gasteiger partial charge in [-0.05, 0) is 85.2 Å². The number of ether oxygens (including phenoxy) is 2. The summed E-state index contributed by atoms with van der Waals surface area (Å²) in [6, 6.07) is 9.02. The third-order valence-corrected chi connectivity index (χ3v) is 7.57. The van der Waals surface area contributed by atoms with Crippen LogP contribution in [-0.2, 0) is 17.8 Å². The van der Waals surface area contributed by atoms with Gasteiger partial charge in [0.25, 0.3) is 6.43 Å². The summed E-state index contributed by atoms with van der Waals surface area (Å²) in [6.45, 7) is 5.22. The molecule has 6 nitrogen and oxygen atoms in total. The van der Waals surface area contributed by atoms with Crippen molar-refractivity contribution in [2.75, 3.05) is 6.61 Å². The molecule has 2 aliphatic rings. The summed E-state index contributed by atoms with van der Waals surface area (Å²) in [7, 11) is 0. The minimum atomic E-state index is -2.88. The molecule has 0 radical (unpaired) electrons. The molecule has 1 fully saturated rings. The minimum Gasteiger partial charge on any atom is -0.493 e. The summed E-state index contributed by atoms with van der Waals surface area (Å²) in [5, 5.41) is 19.1. The van der Waals surface area contributed by atoms with Gasteiger partial charge in [0.1, 0.15) is 18.2 Å². The smallest absolute Gasteiger partial charge is 0.307 e. The molecule has 3 unspecified atom stereocenters. The Labute approximate surface area is 224 Å². The summed E-state index contributed by atoms with van der Waals surface area (Å²) in [6.07, 6.45) is -0.206. The van der Waals surface area contributed by atoms with Crippen LogP contribution in [0.2, 0.25) is 0 Å². The molecule has 3 aromatic rings. The van der Waals surface area contributed by atoms with Gasteiger partial charge in [-0.3, -0.25) is 4.79 Å². The highest BCUT2D eigenvalue weighted by Crippen LogP contribution is 2.61. The van der Waals surface area contributed by atoms with Crippen molar-refractivity contribution >= 4 is 5.97 Å². The first-order chi connectivity index (χ1) is 18.4. The number of pyridine rings is 1. The average molecular weight is 542 g/mol. The van der Waals surface area contributed by atoms with Gasteiger partial charge < -0.3 is 19.7 Å². The van der Waals surface area contributed by atoms with Gasteiger partial charge in [0.15, 0.2) is 0 Å². The number of nitrogens with zero attached hydrogens (tertiary/aromatic N) is 1. The summed E-state index contributed by atoms with van der Waals surface area (Å²) in [5.41, 5.74) is 2.10. The van der Waals surface area contributed by atoms with E-state index in [1.165, 1.54) is 6.07 Å². The fraction of sp³-hybridized carbons (Fsp3) is 0.400. The van der Waals surface area contributed by atoms with Crippen molar-refractivity contribution < 1.29 is 37.7 Å². The maximum Gasteiger partial charge on any atom is 0.307 e.